The molecule has 3 N–H and O–H groups in total. The molecule has 1 fully saturated rings. The van der Waals surface area contributed by atoms with E-state index in [1.165, 1.54) is 7.11 Å². The molecule has 184 valence electrons. The number of aromatic nitrogens is 1. The largest absolute Gasteiger partial charge is 0.495 e. The number of alkyl carbamates (subject to hydrolysis) is 1. The second-order valence-electron chi connectivity index (χ2n) is 8.98. The van der Waals surface area contributed by atoms with Gasteiger partial charge in [-0.2, -0.15) is 0 Å². The number of hydrogen-bond acceptors (Lipinski definition) is 7. The van der Waals surface area contributed by atoms with E-state index in [2.05, 4.69) is 20.9 Å². The molecular weight excluding hydrogens is 439 g/mol. The minimum atomic E-state index is -0.603. The lowest BCUT2D eigenvalue weighted by molar-refractivity contribution is 0.00578. The first-order valence-electron chi connectivity index (χ1n) is 11.3. The monoisotopic (exact) mass is 472 g/mol. The third kappa shape index (κ3) is 5.78. The topological polar surface area (TPSA) is 120 Å². The Kier molecular flexibility index (Phi) is 8.01. The van der Waals surface area contributed by atoms with Gasteiger partial charge in [-0.15, -0.1) is 0 Å². The molecule has 2 heterocycles. The highest BCUT2D eigenvalue weighted by Gasteiger charge is 2.52. The number of nitrogens with one attached hydrogen (secondary N) is 3. The van der Waals surface area contributed by atoms with E-state index in [1.807, 2.05) is 46.8 Å². The molecule has 1 aromatic carbocycles. The number of carbonyl (C=O) groups is 2. The standard InChI is InChI=1S/C23H33BN4O6/c1-7-25-20(29)28-19-12-16-17(14-26-19)15(13-27-21(30)32-11-10-31-6)8-9-18(16)24-33-22(2,3)23(4,5)34-24/h8-9,12,14H,7,10-11,13H2,1-6H3,(H,27,30)(H2,25,26,28,29). The number of amides is 3. The summed E-state index contributed by atoms with van der Waals surface area (Å²) in [4.78, 5) is 28.4. The lowest BCUT2D eigenvalue weighted by Gasteiger charge is -2.32. The third-order valence-corrected chi connectivity index (χ3v) is 6.05. The van der Waals surface area contributed by atoms with Crippen LogP contribution in [0.15, 0.2) is 24.4 Å². The van der Waals surface area contributed by atoms with Crippen molar-refractivity contribution in [3.05, 3.63) is 30.0 Å². The molecule has 3 amide bonds. The third-order valence-electron chi connectivity index (χ3n) is 6.05. The fourth-order valence-electron chi connectivity index (χ4n) is 3.48. The van der Waals surface area contributed by atoms with Crippen molar-refractivity contribution in [2.75, 3.05) is 32.2 Å². The molecule has 0 atom stereocenters. The molecule has 2 aromatic rings. The van der Waals surface area contributed by atoms with Crippen molar-refractivity contribution in [3.8, 4) is 0 Å². The molecule has 1 aliphatic rings. The fourth-order valence-corrected chi connectivity index (χ4v) is 3.48. The average Bonchev–Trinajstić information content (AvgIpc) is 2.98. The number of fused-ring (bicyclic) bond motifs is 1. The van der Waals surface area contributed by atoms with Crippen LogP contribution in [0, 0.1) is 0 Å². The molecule has 0 unspecified atom stereocenters. The van der Waals surface area contributed by atoms with Crippen LogP contribution in [0.5, 0.6) is 0 Å². The second-order valence-corrected chi connectivity index (χ2v) is 8.98. The molecule has 0 bridgehead atoms. The Morgan fingerprint density at radius 1 is 1.06 bits per heavy atom. The minimum absolute atomic E-state index is 0.167. The fraction of sp³-hybridized carbons (Fsp3) is 0.522. The van der Waals surface area contributed by atoms with Crippen LogP contribution in [0.1, 0.15) is 40.2 Å². The smallest absolute Gasteiger partial charge is 0.447 e. The second kappa shape index (κ2) is 10.6. The van der Waals surface area contributed by atoms with Gasteiger partial charge in [0.05, 0.1) is 17.8 Å². The van der Waals surface area contributed by atoms with Crippen molar-refractivity contribution in [1.29, 1.82) is 0 Å². The Balaban J connectivity index is 1.93. The quantitative estimate of drug-likeness (QED) is 0.399. The minimum Gasteiger partial charge on any atom is -0.447 e. The van der Waals surface area contributed by atoms with Crippen LogP contribution in [0.3, 0.4) is 0 Å². The van der Waals surface area contributed by atoms with E-state index in [9.17, 15) is 9.59 Å². The van der Waals surface area contributed by atoms with Gasteiger partial charge in [0.25, 0.3) is 0 Å². The normalized spacial score (nSPS) is 16.4. The zero-order valence-corrected chi connectivity index (χ0v) is 20.6. The summed E-state index contributed by atoms with van der Waals surface area (Å²) in [5, 5.41) is 9.77. The van der Waals surface area contributed by atoms with Gasteiger partial charge < -0.3 is 29.4 Å². The number of nitrogens with zero attached hydrogens (tertiary/aromatic N) is 1. The lowest BCUT2D eigenvalue weighted by atomic mass is 9.75. The Hall–Kier alpha value is -2.89. The van der Waals surface area contributed by atoms with Gasteiger partial charge in [0, 0.05) is 31.8 Å². The van der Waals surface area contributed by atoms with Gasteiger partial charge in [0.2, 0.25) is 0 Å². The molecule has 1 aromatic heterocycles. The van der Waals surface area contributed by atoms with Gasteiger partial charge in [-0.05, 0) is 57.1 Å². The predicted molar refractivity (Wildman–Crippen MR) is 130 cm³/mol. The lowest BCUT2D eigenvalue weighted by Crippen LogP contribution is -2.41. The summed E-state index contributed by atoms with van der Waals surface area (Å²) in [5.74, 6) is 0.389. The zero-order chi connectivity index (χ0) is 24.9. The number of hydrogen-bond donors (Lipinski definition) is 3. The molecule has 0 spiro atoms. The van der Waals surface area contributed by atoms with Crippen LogP contribution in [-0.4, -0.2) is 62.3 Å². The molecule has 0 saturated carbocycles. The maximum Gasteiger partial charge on any atom is 0.495 e. The SMILES string of the molecule is CCNC(=O)Nc1cc2c(B3OC(C)(C)C(C)(C)O3)ccc(CNC(=O)OCCOC)c2cn1. The van der Waals surface area contributed by atoms with E-state index in [0.29, 0.717) is 19.0 Å². The molecule has 0 aliphatic carbocycles. The van der Waals surface area contributed by atoms with E-state index >= 15 is 0 Å². The molecule has 11 heteroatoms. The van der Waals surface area contributed by atoms with Crippen LogP contribution in [0.4, 0.5) is 15.4 Å². The van der Waals surface area contributed by atoms with Crippen LogP contribution < -0.4 is 21.4 Å². The summed E-state index contributed by atoms with van der Waals surface area (Å²) in [6.07, 6.45) is 1.13. The zero-order valence-electron chi connectivity index (χ0n) is 20.6. The highest BCUT2D eigenvalue weighted by atomic mass is 16.7. The van der Waals surface area contributed by atoms with E-state index in [1.54, 1.807) is 12.3 Å². The van der Waals surface area contributed by atoms with Crippen molar-refractivity contribution in [2.24, 2.45) is 0 Å². The first-order valence-corrected chi connectivity index (χ1v) is 11.3. The number of benzene rings is 1. The van der Waals surface area contributed by atoms with Gasteiger partial charge in [0.1, 0.15) is 12.4 Å². The Labute approximate surface area is 200 Å². The molecule has 3 rings (SSSR count). The van der Waals surface area contributed by atoms with Crippen molar-refractivity contribution in [1.82, 2.24) is 15.6 Å². The van der Waals surface area contributed by atoms with Crippen molar-refractivity contribution >= 4 is 41.3 Å². The Morgan fingerprint density at radius 3 is 2.41 bits per heavy atom. The van der Waals surface area contributed by atoms with Crippen LogP contribution >= 0.6 is 0 Å². The van der Waals surface area contributed by atoms with Gasteiger partial charge in [-0.25, -0.2) is 14.6 Å². The van der Waals surface area contributed by atoms with Crippen LogP contribution in [0.2, 0.25) is 0 Å². The number of methoxy groups -OCH3 is 1. The Morgan fingerprint density at radius 2 is 1.76 bits per heavy atom. The number of urea groups is 1. The van der Waals surface area contributed by atoms with E-state index in [-0.39, 0.29) is 19.2 Å². The van der Waals surface area contributed by atoms with Gasteiger partial charge in [-0.1, -0.05) is 12.1 Å². The average molecular weight is 472 g/mol. The molecule has 10 nitrogen and oxygen atoms in total. The van der Waals surface area contributed by atoms with Crippen molar-refractivity contribution < 1.29 is 28.4 Å². The van der Waals surface area contributed by atoms with Crippen LogP contribution in [-0.2, 0) is 25.3 Å². The first-order chi connectivity index (χ1) is 16.1. The van der Waals surface area contributed by atoms with Crippen molar-refractivity contribution in [3.63, 3.8) is 0 Å². The summed E-state index contributed by atoms with van der Waals surface area (Å²) < 4.78 is 22.5. The van der Waals surface area contributed by atoms with E-state index < -0.39 is 24.4 Å². The highest BCUT2D eigenvalue weighted by Crippen LogP contribution is 2.37. The van der Waals surface area contributed by atoms with Gasteiger partial charge in [-0.3, -0.25) is 5.32 Å². The van der Waals surface area contributed by atoms with E-state index in [0.717, 1.165) is 21.8 Å². The number of ether oxygens (including phenoxy) is 2. The maximum atomic E-state index is 12.0. The summed E-state index contributed by atoms with van der Waals surface area (Å²) in [7, 11) is 0.935. The summed E-state index contributed by atoms with van der Waals surface area (Å²) >= 11 is 0. The van der Waals surface area contributed by atoms with Gasteiger partial charge in [0.15, 0.2) is 0 Å². The van der Waals surface area contributed by atoms with Crippen molar-refractivity contribution in [2.45, 2.75) is 52.4 Å². The number of rotatable bonds is 8. The number of anilines is 1. The first kappa shape index (κ1) is 25.7. The predicted octanol–water partition coefficient (Wildman–Crippen LogP) is 2.55. The molecular formula is C23H33BN4O6. The maximum absolute atomic E-state index is 12.0. The highest BCUT2D eigenvalue weighted by molar-refractivity contribution is 6.65. The van der Waals surface area contributed by atoms with Gasteiger partial charge >= 0.3 is 19.2 Å². The van der Waals surface area contributed by atoms with E-state index in [4.69, 9.17) is 18.8 Å². The molecule has 1 saturated heterocycles. The number of pyridine rings is 1. The number of carbonyl (C=O) groups excluding carboxylic acids is 2. The van der Waals surface area contributed by atoms with Crippen LogP contribution in [0.25, 0.3) is 10.8 Å². The Bertz CT molecular complexity index is 1030. The summed E-state index contributed by atoms with van der Waals surface area (Å²) in [6, 6.07) is 5.25. The summed E-state index contributed by atoms with van der Waals surface area (Å²) in [6.45, 7) is 11.0. The molecule has 34 heavy (non-hydrogen) atoms. The molecule has 0 radical (unpaired) electrons. The summed E-state index contributed by atoms with van der Waals surface area (Å²) in [5.41, 5.74) is 0.619. The molecule has 1 aliphatic heterocycles.